The molecule has 0 aromatic rings. The van der Waals surface area contributed by atoms with E-state index in [-0.39, 0.29) is 0 Å². The molecule has 1 aliphatic rings. The first-order chi connectivity index (χ1) is 7.36. The van der Waals surface area contributed by atoms with Gasteiger partial charge in [0.2, 0.25) is 0 Å². The molecule has 0 radical (unpaired) electrons. The zero-order valence-corrected chi connectivity index (χ0v) is 9.67. The van der Waals surface area contributed by atoms with E-state index in [4.69, 9.17) is 0 Å². The van der Waals surface area contributed by atoms with Crippen LogP contribution in [0.5, 0.6) is 0 Å². The van der Waals surface area contributed by atoms with Gasteiger partial charge in [-0.2, -0.15) is 18.3 Å². The lowest BCUT2D eigenvalue weighted by molar-refractivity contribution is -0.0612. The van der Waals surface area contributed by atoms with Crippen LogP contribution in [0.2, 0.25) is 0 Å². The molecule has 0 aromatic heterocycles. The van der Waals surface area contributed by atoms with Gasteiger partial charge in [-0.05, 0) is 20.0 Å². The number of nitrogens with zero attached hydrogens (tertiary/aromatic N) is 3. The molecule has 1 heterocycles. The van der Waals surface area contributed by atoms with Crippen LogP contribution in [0.25, 0.3) is 0 Å². The molecule has 6 heteroatoms. The first kappa shape index (κ1) is 13.2. The third-order valence-electron chi connectivity index (χ3n) is 2.52. The molecule has 1 atom stereocenters. The molecule has 0 bridgehead atoms. The second kappa shape index (κ2) is 4.95. The Kier molecular flexibility index (Phi) is 4.07. The fourth-order valence-electron chi connectivity index (χ4n) is 1.66. The minimum absolute atomic E-state index is 0.443. The fourth-order valence-corrected chi connectivity index (χ4v) is 1.66. The molecule has 3 nitrogen and oxygen atoms in total. The number of hydrogen-bond donors (Lipinski definition) is 0. The van der Waals surface area contributed by atoms with Crippen molar-refractivity contribution in [3.63, 3.8) is 0 Å². The van der Waals surface area contributed by atoms with Gasteiger partial charge >= 0.3 is 6.18 Å². The zero-order chi connectivity index (χ0) is 12.3. The first-order valence-corrected chi connectivity index (χ1v) is 5.26. The number of halogens is 3. The highest BCUT2D eigenvalue weighted by Crippen LogP contribution is 2.26. The maximum Gasteiger partial charge on any atom is 0.431 e. The number of hydrogen-bond acceptors (Lipinski definition) is 3. The molecule has 0 saturated carbocycles. The second-order valence-corrected chi connectivity index (χ2v) is 4.03. The van der Waals surface area contributed by atoms with E-state index in [0.717, 1.165) is 13.0 Å². The van der Waals surface area contributed by atoms with Crippen LogP contribution in [0.1, 0.15) is 20.3 Å². The molecular weight excluding hydrogens is 219 g/mol. The van der Waals surface area contributed by atoms with Gasteiger partial charge in [0.1, 0.15) is 0 Å². The van der Waals surface area contributed by atoms with Gasteiger partial charge in [0.25, 0.3) is 0 Å². The van der Waals surface area contributed by atoms with Crippen molar-refractivity contribution < 1.29 is 13.2 Å². The van der Waals surface area contributed by atoms with Gasteiger partial charge < -0.3 is 4.90 Å². The van der Waals surface area contributed by atoms with Crippen molar-refractivity contribution in [3.8, 4) is 0 Å². The highest BCUT2D eigenvalue weighted by molar-refractivity contribution is 6.12. The highest BCUT2D eigenvalue weighted by Gasteiger charge is 2.43. The van der Waals surface area contributed by atoms with E-state index in [2.05, 4.69) is 10.2 Å². The van der Waals surface area contributed by atoms with Gasteiger partial charge in [-0.15, -0.1) is 5.10 Å². The maximum atomic E-state index is 12.5. The third-order valence-corrected chi connectivity index (χ3v) is 2.52. The summed E-state index contributed by atoms with van der Waals surface area (Å²) in [6, 6.07) is 0. The molecule has 1 rings (SSSR count). The quantitative estimate of drug-likeness (QED) is 0.735. The van der Waals surface area contributed by atoms with E-state index in [0.29, 0.717) is 12.3 Å². The lowest BCUT2D eigenvalue weighted by Crippen LogP contribution is -2.35. The Morgan fingerprint density at radius 1 is 1.31 bits per heavy atom. The Bertz CT molecular complexity index is 307. The van der Waals surface area contributed by atoms with Gasteiger partial charge in [0.15, 0.2) is 5.71 Å². The average molecular weight is 235 g/mol. The van der Waals surface area contributed by atoms with Gasteiger partial charge in [-0.1, -0.05) is 13.8 Å². The fraction of sp³-hybridized carbons (Fsp3) is 0.800. The normalized spacial score (nSPS) is 21.3. The first-order valence-electron chi connectivity index (χ1n) is 5.26. The van der Waals surface area contributed by atoms with Gasteiger partial charge in [0, 0.05) is 12.5 Å². The number of rotatable bonds is 4. The molecule has 0 spiro atoms. The minimum Gasteiger partial charge on any atom is -0.301 e. The molecule has 0 aromatic carbocycles. The van der Waals surface area contributed by atoms with Crippen LogP contribution in [0.3, 0.4) is 0 Å². The summed E-state index contributed by atoms with van der Waals surface area (Å²) in [5, 5.41) is 6.87. The molecule has 0 saturated heterocycles. The predicted octanol–water partition coefficient (Wildman–Crippen LogP) is 2.34. The SMILES string of the molecule is CCCN(C)CC1=NN=C(C(F)(F)F)C1C. The molecule has 92 valence electrons. The summed E-state index contributed by atoms with van der Waals surface area (Å²) in [5.41, 5.74) is -0.296. The topological polar surface area (TPSA) is 28.0 Å². The molecule has 0 fully saturated rings. The molecular formula is C10H16F3N3. The van der Waals surface area contributed by atoms with Crippen molar-refractivity contribution in [1.29, 1.82) is 0 Å². The average Bonchev–Trinajstić information content (AvgIpc) is 2.47. The van der Waals surface area contributed by atoms with E-state index in [1.54, 1.807) is 0 Å². The zero-order valence-electron chi connectivity index (χ0n) is 9.67. The Labute approximate surface area is 93.0 Å². The van der Waals surface area contributed by atoms with Crippen molar-refractivity contribution in [2.24, 2.45) is 16.1 Å². The molecule has 0 amide bonds. The molecule has 16 heavy (non-hydrogen) atoms. The lowest BCUT2D eigenvalue weighted by Gasteiger charge is -2.18. The summed E-state index contributed by atoms with van der Waals surface area (Å²) in [5.74, 6) is -0.723. The smallest absolute Gasteiger partial charge is 0.301 e. The van der Waals surface area contributed by atoms with Crippen molar-refractivity contribution in [2.75, 3.05) is 20.1 Å². The van der Waals surface area contributed by atoms with E-state index >= 15 is 0 Å². The standard InChI is InChI=1S/C10H16F3N3/c1-4-5-16(3)6-8-7(2)9(15-14-8)10(11,12)13/h7H,4-6H2,1-3H3. The van der Waals surface area contributed by atoms with Crippen LogP contribution in [-0.4, -0.2) is 42.6 Å². The maximum absolute atomic E-state index is 12.5. The van der Waals surface area contributed by atoms with E-state index in [1.165, 1.54) is 6.92 Å². The lowest BCUT2D eigenvalue weighted by atomic mass is 10.00. The molecule has 1 unspecified atom stereocenters. The van der Waals surface area contributed by atoms with Crippen LogP contribution in [0.15, 0.2) is 10.2 Å². The monoisotopic (exact) mass is 235 g/mol. The summed E-state index contributed by atoms with van der Waals surface area (Å²) < 4.78 is 37.4. The largest absolute Gasteiger partial charge is 0.431 e. The van der Waals surface area contributed by atoms with Crippen molar-refractivity contribution in [1.82, 2.24) is 4.90 Å². The molecule has 0 aliphatic carbocycles. The Morgan fingerprint density at radius 3 is 2.38 bits per heavy atom. The third kappa shape index (κ3) is 3.04. The van der Waals surface area contributed by atoms with Gasteiger partial charge in [-0.25, -0.2) is 0 Å². The summed E-state index contributed by atoms with van der Waals surface area (Å²) in [4.78, 5) is 1.95. The number of alkyl halides is 3. The molecule has 1 aliphatic heterocycles. The Hall–Kier alpha value is -0.910. The van der Waals surface area contributed by atoms with E-state index in [9.17, 15) is 13.2 Å². The van der Waals surface area contributed by atoms with Crippen LogP contribution in [0, 0.1) is 5.92 Å². The minimum atomic E-state index is -4.37. The second-order valence-electron chi connectivity index (χ2n) is 4.03. The van der Waals surface area contributed by atoms with Crippen molar-refractivity contribution in [3.05, 3.63) is 0 Å². The van der Waals surface area contributed by atoms with Crippen LogP contribution in [-0.2, 0) is 0 Å². The highest BCUT2D eigenvalue weighted by atomic mass is 19.4. The summed E-state index contributed by atoms with van der Waals surface area (Å²) in [6.45, 7) is 4.80. The Balaban J connectivity index is 2.58. The van der Waals surface area contributed by atoms with Crippen LogP contribution >= 0.6 is 0 Å². The van der Waals surface area contributed by atoms with E-state index < -0.39 is 17.8 Å². The summed E-state index contributed by atoms with van der Waals surface area (Å²) in [6.07, 6.45) is -3.40. The van der Waals surface area contributed by atoms with Crippen LogP contribution in [0.4, 0.5) is 13.2 Å². The summed E-state index contributed by atoms with van der Waals surface area (Å²) in [7, 11) is 1.87. The van der Waals surface area contributed by atoms with Crippen molar-refractivity contribution in [2.45, 2.75) is 26.4 Å². The Morgan fingerprint density at radius 2 is 1.94 bits per heavy atom. The van der Waals surface area contributed by atoms with Crippen molar-refractivity contribution >= 4 is 11.4 Å². The predicted molar refractivity (Wildman–Crippen MR) is 57.9 cm³/mol. The van der Waals surface area contributed by atoms with Crippen LogP contribution < -0.4 is 0 Å². The summed E-state index contributed by atoms with van der Waals surface area (Å²) >= 11 is 0. The van der Waals surface area contributed by atoms with Gasteiger partial charge in [0.05, 0.1) is 5.71 Å². The van der Waals surface area contributed by atoms with Gasteiger partial charge in [-0.3, -0.25) is 0 Å². The van der Waals surface area contributed by atoms with E-state index in [1.807, 2.05) is 18.9 Å². The molecule has 0 N–H and O–H groups in total.